The van der Waals surface area contributed by atoms with Crippen molar-refractivity contribution in [2.45, 2.75) is 14.4 Å². The van der Waals surface area contributed by atoms with Crippen LogP contribution in [0.15, 0.2) is 22.6 Å². The van der Waals surface area contributed by atoms with E-state index < -0.39 is 0 Å². The summed E-state index contributed by atoms with van der Waals surface area (Å²) in [5.74, 6) is -0.102. The van der Waals surface area contributed by atoms with Crippen molar-refractivity contribution in [3.05, 3.63) is 12.7 Å². The zero-order valence-corrected chi connectivity index (χ0v) is 6.16. The van der Waals surface area contributed by atoms with Gasteiger partial charge in [-0.3, -0.25) is 9.79 Å². The molecular weight excluding hydrogens is 140 g/mol. The lowest BCUT2D eigenvalue weighted by atomic mass is 10.3. The topological polar surface area (TPSA) is 41.8 Å². The van der Waals surface area contributed by atoms with Gasteiger partial charge in [0.25, 0.3) is 0 Å². The summed E-state index contributed by atoms with van der Waals surface area (Å²) < 4.78 is 0. The van der Waals surface area contributed by atoms with Gasteiger partial charge in [-0.1, -0.05) is 14.0 Å². The maximum atomic E-state index is 10.6. The van der Waals surface area contributed by atoms with Crippen LogP contribution in [-0.4, -0.2) is 24.9 Å². The zero-order chi connectivity index (χ0) is 7.98. The van der Waals surface area contributed by atoms with Crippen LogP contribution in [0.2, 0.25) is 0 Å². The van der Waals surface area contributed by atoms with E-state index in [0.29, 0.717) is 5.71 Å². The SMILES string of the molecule is C.C=CC(=NC=NC)C(C)=O. The van der Waals surface area contributed by atoms with Crippen molar-refractivity contribution in [1.82, 2.24) is 0 Å². The second-order valence-electron chi connectivity index (χ2n) is 1.65. The van der Waals surface area contributed by atoms with Crippen molar-refractivity contribution in [2.75, 3.05) is 7.05 Å². The molecular formula is C8H14N2O. The maximum absolute atomic E-state index is 10.6. The molecule has 0 spiro atoms. The van der Waals surface area contributed by atoms with Gasteiger partial charge in [0.05, 0.1) is 0 Å². The van der Waals surface area contributed by atoms with Crippen molar-refractivity contribution in [1.29, 1.82) is 0 Å². The van der Waals surface area contributed by atoms with Crippen molar-refractivity contribution in [3.63, 3.8) is 0 Å². The Bertz CT molecular complexity index is 192. The second kappa shape index (κ2) is 6.86. The number of hydrogen-bond acceptors (Lipinski definition) is 2. The lowest BCUT2D eigenvalue weighted by Gasteiger charge is -1.87. The van der Waals surface area contributed by atoms with Gasteiger partial charge in [0, 0.05) is 14.0 Å². The first-order chi connectivity index (χ1) is 4.72. The number of rotatable bonds is 3. The van der Waals surface area contributed by atoms with Gasteiger partial charge in [0.2, 0.25) is 0 Å². The number of Topliss-reactive ketones (excluding diaryl/α,β-unsaturated/α-hetero) is 1. The molecule has 0 aromatic heterocycles. The van der Waals surface area contributed by atoms with Crippen molar-refractivity contribution in [3.8, 4) is 0 Å². The molecule has 0 rings (SSSR count). The molecule has 0 aromatic rings. The Kier molecular flexibility index (Phi) is 7.76. The molecule has 0 aliphatic carbocycles. The minimum Gasteiger partial charge on any atom is -0.293 e. The molecule has 0 radical (unpaired) electrons. The highest BCUT2D eigenvalue weighted by Gasteiger charge is 1.96. The first-order valence-corrected chi connectivity index (χ1v) is 2.84. The van der Waals surface area contributed by atoms with Crippen LogP contribution in [-0.2, 0) is 4.79 Å². The van der Waals surface area contributed by atoms with Gasteiger partial charge >= 0.3 is 0 Å². The molecule has 0 aliphatic heterocycles. The number of allylic oxidation sites excluding steroid dienone is 1. The fraction of sp³-hybridized carbons (Fsp3) is 0.375. The minimum absolute atomic E-state index is 0. The van der Waals surface area contributed by atoms with E-state index >= 15 is 0 Å². The highest BCUT2D eigenvalue weighted by atomic mass is 16.1. The fourth-order valence-electron chi connectivity index (χ4n) is 0.407. The molecule has 0 aromatic carbocycles. The molecule has 62 valence electrons. The van der Waals surface area contributed by atoms with Crippen LogP contribution in [0.4, 0.5) is 0 Å². The predicted molar refractivity (Wildman–Crippen MR) is 49.5 cm³/mol. The largest absolute Gasteiger partial charge is 0.293 e. The third kappa shape index (κ3) is 5.21. The van der Waals surface area contributed by atoms with E-state index in [9.17, 15) is 4.79 Å². The van der Waals surface area contributed by atoms with E-state index in [0.717, 1.165) is 0 Å². The first-order valence-electron chi connectivity index (χ1n) is 2.84. The average Bonchev–Trinajstić information content (AvgIpc) is 1.89. The smallest absolute Gasteiger partial charge is 0.178 e. The molecule has 0 bridgehead atoms. The Hall–Kier alpha value is -1.25. The van der Waals surface area contributed by atoms with E-state index in [1.165, 1.54) is 19.3 Å². The lowest BCUT2D eigenvalue weighted by Crippen LogP contribution is -2.05. The molecule has 3 nitrogen and oxygen atoms in total. The van der Waals surface area contributed by atoms with E-state index in [-0.39, 0.29) is 13.2 Å². The molecule has 0 heterocycles. The quantitative estimate of drug-likeness (QED) is 0.448. The Morgan fingerprint density at radius 2 is 2.09 bits per heavy atom. The van der Waals surface area contributed by atoms with E-state index in [1.807, 2.05) is 0 Å². The van der Waals surface area contributed by atoms with Crippen LogP contribution in [0.1, 0.15) is 14.4 Å². The summed E-state index contributed by atoms with van der Waals surface area (Å²) in [6.07, 6.45) is 2.72. The fourth-order valence-corrected chi connectivity index (χ4v) is 0.407. The number of carbonyl (C=O) groups is 1. The van der Waals surface area contributed by atoms with Crippen LogP contribution in [0.25, 0.3) is 0 Å². The summed E-state index contributed by atoms with van der Waals surface area (Å²) in [7, 11) is 1.59. The van der Waals surface area contributed by atoms with Gasteiger partial charge in [-0.05, 0) is 6.08 Å². The number of nitrogens with zero attached hydrogens (tertiary/aromatic N) is 2. The second-order valence-corrected chi connectivity index (χ2v) is 1.65. The average molecular weight is 154 g/mol. The normalized spacial score (nSPS) is 10.9. The summed E-state index contributed by atoms with van der Waals surface area (Å²) >= 11 is 0. The predicted octanol–water partition coefficient (Wildman–Crippen LogP) is 1.50. The third-order valence-electron chi connectivity index (χ3n) is 0.866. The van der Waals surface area contributed by atoms with Gasteiger partial charge in [0.15, 0.2) is 5.78 Å². The Morgan fingerprint density at radius 1 is 1.55 bits per heavy atom. The molecule has 0 fully saturated rings. The van der Waals surface area contributed by atoms with Crippen LogP contribution in [0.5, 0.6) is 0 Å². The highest BCUT2D eigenvalue weighted by molar-refractivity contribution is 6.44. The lowest BCUT2D eigenvalue weighted by molar-refractivity contribution is -0.111. The molecule has 0 saturated carbocycles. The molecule has 0 unspecified atom stereocenters. The number of aliphatic imine (C=N–C) groups is 2. The van der Waals surface area contributed by atoms with Crippen LogP contribution in [0, 0.1) is 0 Å². The number of ketones is 1. The Balaban J connectivity index is 0. The van der Waals surface area contributed by atoms with Crippen LogP contribution in [0.3, 0.4) is 0 Å². The van der Waals surface area contributed by atoms with Crippen molar-refractivity contribution >= 4 is 17.8 Å². The van der Waals surface area contributed by atoms with Crippen LogP contribution >= 0.6 is 0 Å². The van der Waals surface area contributed by atoms with Gasteiger partial charge in [-0.25, -0.2) is 4.99 Å². The van der Waals surface area contributed by atoms with Gasteiger partial charge in [0.1, 0.15) is 12.1 Å². The first kappa shape index (κ1) is 12.4. The van der Waals surface area contributed by atoms with E-state index in [4.69, 9.17) is 0 Å². The number of hydrogen-bond donors (Lipinski definition) is 0. The third-order valence-corrected chi connectivity index (χ3v) is 0.866. The van der Waals surface area contributed by atoms with Crippen LogP contribution < -0.4 is 0 Å². The summed E-state index contributed by atoms with van der Waals surface area (Å²) in [5, 5.41) is 0. The zero-order valence-electron chi connectivity index (χ0n) is 6.16. The monoisotopic (exact) mass is 154 g/mol. The summed E-state index contributed by atoms with van der Waals surface area (Å²) in [6.45, 7) is 4.86. The highest BCUT2D eigenvalue weighted by Crippen LogP contribution is 1.80. The van der Waals surface area contributed by atoms with Crippen molar-refractivity contribution in [2.24, 2.45) is 9.98 Å². The molecule has 0 saturated heterocycles. The number of carbonyl (C=O) groups excluding carboxylic acids is 1. The Morgan fingerprint density at radius 3 is 2.36 bits per heavy atom. The molecule has 0 N–H and O–H groups in total. The van der Waals surface area contributed by atoms with Gasteiger partial charge < -0.3 is 0 Å². The minimum atomic E-state index is -0.102. The molecule has 0 aliphatic rings. The summed E-state index contributed by atoms with van der Waals surface area (Å²) in [5.41, 5.74) is 0.339. The van der Waals surface area contributed by atoms with E-state index in [1.54, 1.807) is 7.05 Å². The molecule has 3 heteroatoms. The maximum Gasteiger partial charge on any atom is 0.178 e. The van der Waals surface area contributed by atoms with Gasteiger partial charge in [-0.15, -0.1) is 0 Å². The van der Waals surface area contributed by atoms with E-state index in [2.05, 4.69) is 16.6 Å². The molecule has 0 atom stereocenters. The molecule has 0 amide bonds. The summed E-state index contributed by atoms with van der Waals surface area (Å²) in [4.78, 5) is 17.9. The molecule has 11 heavy (non-hydrogen) atoms. The van der Waals surface area contributed by atoms with Gasteiger partial charge in [-0.2, -0.15) is 0 Å². The van der Waals surface area contributed by atoms with Crippen molar-refractivity contribution < 1.29 is 4.79 Å². The standard InChI is InChI=1S/C7H10N2O.CH4/c1-4-7(6(2)10)9-5-8-3;/h4-5H,1H2,2-3H3;1H4. The summed E-state index contributed by atoms with van der Waals surface area (Å²) in [6, 6.07) is 0. The Labute approximate surface area is 67.6 Å².